The van der Waals surface area contributed by atoms with E-state index in [1.165, 1.54) is 25.1 Å². The van der Waals surface area contributed by atoms with Gasteiger partial charge in [-0.2, -0.15) is 0 Å². The van der Waals surface area contributed by atoms with E-state index in [-0.39, 0.29) is 16.8 Å². The van der Waals surface area contributed by atoms with Gasteiger partial charge in [0.2, 0.25) is 0 Å². The number of carbonyl (C=O) groups is 1. The molecular formula is C14H19ClN2O3S. The summed E-state index contributed by atoms with van der Waals surface area (Å²) in [6, 6.07) is 1.60. The van der Waals surface area contributed by atoms with Gasteiger partial charge < -0.3 is 9.88 Å². The fraction of sp³-hybridized carbons (Fsp3) is 0.643. The molecule has 0 spiro atoms. The number of aromatic nitrogens is 1. The summed E-state index contributed by atoms with van der Waals surface area (Å²) in [5.41, 5.74) is 0.392. The highest BCUT2D eigenvalue weighted by Gasteiger charge is 2.30. The number of nitrogens with one attached hydrogen (secondary N) is 1. The first kappa shape index (κ1) is 14.9. The summed E-state index contributed by atoms with van der Waals surface area (Å²) in [6.45, 7) is 0.633. The van der Waals surface area contributed by atoms with Gasteiger partial charge in [0.1, 0.15) is 10.6 Å². The number of hydrogen-bond acceptors (Lipinski definition) is 3. The molecule has 0 aromatic carbocycles. The maximum absolute atomic E-state index is 12.2. The van der Waals surface area contributed by atoms with Crippen molar-refractivity contribution in [2.75, 3.05) is 6.54 Å². The van der Waals surface area contributed by atoms with Gasteiger partial charge in [-0.1, -0.05) is 12.8 Å². The highest BCUT2D eigenvalue weighted by molar-refractivity contribution is 8.13. The van der Waals surface area contributed by atoms with Crippen LogP contribution in [0, 0.1) is 5.92 Å². The number of carbonyl (C=O) groups excluding carboxylic acids is 1. The Kier molecular flexibility index (Phi) is 4.01. The van der Waals surface area contributed by atoms with Crippen LogP contribution in [0.4, 0.5) is 0 Å². The summed E-state index contributed by atoms with van der Waals surface area (Å²) < 4.78 is 24.6. The molecule has 1 heterocycles. The van der Waals surface area contributed by atoms with Gasteiger partial charge in [-0.15, -0.1) is 0 Å². The molecule has 2 aliphatic carbocycles. The van der Waals surface area contributed by atoms with E-state index >= 15 is 0 Å². The van der Waals surface area contributed by atoms with E-state index in [9.17, 15) is 13.2 Å². The minimum absolute atomic E-state index is 0.000743. The Hall–Kier alpha value is -1.01. The van der Waals surface area contributed by atoms with Gasteiger partial charge in [-0.25, -0.2) is 8.42 Å². The average Bonchev–Trinajstić information content (AvgIpc) is 3.32. The third kappa shape index (κ3) is 3.80. The molecule has 2 fully saturated rings. The Labute approximate surface area is 129 Å². The van der Waals surface area contributed by atoms with Crippen molar-refractivity contribution in [3.63, 3.8) is 0 Å². The van der Waals surface area contributed by atoms with Crippen LogP contribution in [0.1, 0.15) is 55.1 Å². The van der Waals surface area contributed by atoms with Crippen LogP contribution in [0.5, 0.6) is 0 Å². The first-order valence-corrected chi connectivity index (χ1v) is 9.71. The maximum Gasteiger partial charge on any atom is 0.267 e. The molecule has 0 aliphatic heterocycles. The van der Waals surface area contributed by atoms with Crippen LogP contribution in [0.3, 0.4) is 0 Å². The molecule has 1 N–H and O–H groups in total. The van der Waals surface area contributed by atoms with Crippen molar-refractivity contribution in [3.05, 3.63) is 18.0 Å². The van der Waals surface area contributed by atoms with Crippen molar-refractivity contribution in [1.29, 1.82) is 0 Å². The Morgan fingerprint density at radius 2 is 2.05 bits per heavy atom. The van der Waals surface area contributed by atoms with Gasteiger partial charge >= 0.3 is 0 Å². The third-order valence-electron chi connectivity index (χ3n) is 4.05. The Balaban J connectivity index is 1.67. The number of hydrogen-bond donors (Lipinski definition) is 1. The van der Waals surface area contributed by atoms with E-state index in [1.807, 2.05) is 0 Å². The van der Waals surface area contributed by atoms with Gasteiger partial charge in [0.05, 0.1) is 0 Å². The summed E-state index contributed by atoms with van der Waals surface area (Å²) in [4.78, 5) is 12.2. The van der Waals surface area contributed by atoms with Crippen molar-refractivity contribution in [2.24, 2.45) is 5.92 Å². The zero-order valence-corrected chi connectivity index (χ0v) is 13.3. The van der Waals surface area contributed by atoms with Crippen LogP contribution in [0.15, 0.2) is 17.2 Å². The second kappa shape index (κ2) is 5.65. The predicted molar refractivity (Wildman–Crippen MR) is 80.0 cm³/mol. The van der Waals surface area contributed by atoms with Crippen LogP contribution in [0.2, 0.25) is 0 Å². The molecular weight excluding hydrogens is 312 g/mol. The molecule has 1 aromatic rings. The summed E-state index contributed by atoms with van der Waals surface area (Å²) >= 11 is 0. The highest BCUT2D eigenvalue weighted by Crippen LogP contribution is 2.37. The van der Waals surface area contributed by atoms with Crippen molar-refractivity contribution < 1.29 is 13.2 Å². The molecule has 0 radical (unpaired) electrons. The minimum atomic E-state index is -3.80. The fourth-order valence-electron chi connectivity index (χ4n) is 2.51. The van der Waals surface area contributed by atoms with Crippen molar-refractivity contribution in [3.8, 4) is 0 Å². The van der Waals surface area contributed by atoms with Crippen molar-refractivity contribution >= 4 is 25.6 Å². The average molecular weight is 331 g/mol. The Bertz CT molecular complexity index is 645. The molecule has 116 valence electrons. The Morgan fingerprint density at radius 1 is 1.33 bits per heavy atom. The molecule has 0 unspecified atom stereocenters. The summed E-state index contributed by atoms with van der Waals surface area (Å²) in [5, 5.41) is 2.87. The third-order valence-corrected chi connectivity index (χ3v) is 5.37. The fourth-order valence-corrected chi connectivity index (χ4v) is 3.26. The normalized spacial score (nSPS) is 18.7. The topological polar surface area (TPSA) is 68.2 Å². The smallest absolute Gasteiger partial charge is 0.267 e. The zero-order valence-electron chi connectivity index (χ0n) is 11.7. The van der Waals surface area contributed by atoms with Crippen LogP contribution in [0.25, 0.3) is 0 Å². The molecule has 7 heteroatoms. The zero-order chi connectivity index (χ0) is 15.0. The molecule has 0 bridgehead atoms. The molecule has 2 aliphatic rings. The van der Waals surface area contributed by atoms with Gasteiger partial charge in [0.25, 0.3) is 15.0 Å². The molecule has 0 saturated heterocycles. The molecule has 1 aromatic heterocycles. The molecule has 1 amide bonds. The van der Waals surface area contributed by atoms with Crippen LogP contribution in [-0.2, 0) is 9.05 Å². The quantitative estimate of drug-likeness (QED) is 0.617. The number of rotatable bonds is 7. The van der Waals surface area contributed by atoms with Gasteiger partial charge in [-0.05, 0) is 37.7 Å². The lowest BCUT2D eigenvalue weighted by atomic mass is 10.2. The van der Waals surface area contributed by atoms with E-state index in [4.69, 9.17) is 10.7 Å². The van der Waals surface area contributed by atoms with E-state index in [0.29, 0.717) is 12.2 Å². The standard InChI is InChI=1S/C14H19ClN2O3S/c15-21(19,20)12-8-13(17(9-12)11-5-6-11)14(18)16-7-1-2-10-3-4-10/h8-11H,1-7H2,(H,16,18). The molecule has 5 nitrogen and oxygen atoms in total. The monoisotopic (exact) mass is 330 g/mol. The minimum Gasteiger partial charge on any atom is -0.351 e. The summed E-state index contributed by atoms with van der Waals surface area (Å²) in [6.07, 6.45) is 8.17. The maximum atomic E-state index is 12.2. The first-order valence-electron chi connectivity index (χ1n) is 7.40. The molecule has 2 saturated carbocycles. The predicted octanol–water partition coefficient (Wildman–Crippen LogP) is 2.67. The van der Waals surface area contributed by atoms with E-state index < -0.39 is 9.05 Å². The van der Waals surface area contributed by atoms with Gasteiger partial charge in [0, 0.05) is 29.5 Å². The second-order valence-corrected chi connectivity index (χ2v) is 8.54. The van der Waals surface area contributed by atoms with Crippen molar-refractivity contribution in [1.82, 2.24) is 9.88 Å². The van der Waals surface area contributed by atoms with Crippen molar-refractivity contribution in [2.45, 2.75) is 49.5 Å². The van der Waals surface area contributed by atoms with E-state index in [2.05, 4.69) is 5.32 Å². The van der Waals surface area contributed by atoms with E-state index in [1.54, 1.807) is 4.57 Å². The van der Waals surface area contributed by atoms with E-state index in [0.717, 1.165) is 31.6 Å². The van der Waals surface area contributed by atoms with Gasteiger partial charge in [-0.3, -0.25) is 4.79 Å². The van der Waals surface area contributed by atoms with Crippen LogP contribution >= 0.6 is 10.7 Å². The summed E-state index contributed by atoms with van der Waals surface area (Å²) in [7, 11) is 1.57. The molecule has 3 rings (SSSR count). The largest absolute Gasteiger partial charge is 0.351 e. The summed E-state index contributed by atoms with van der Waals surface area (Å²) in [5.74, 6) is 0.634. The SMILES string of the molecule is O=C(NCCCC1CC1)c1cc(S(=O)(=O)Cl)cn1C1CC1. The lowest BCUT2D eigenvalue weighted by Gasteiger charge is -2.08. The second-order valence-electron chi connectivity index (χ2n) is 5.98. The Morgan fingerprint density at radius 3 is 2.62 bits per heavy atom. The van der Waals surface area contributed by atoms with Crippen LogP contribution in [-0.4, -0.2) is 25.4 Å². The lowest BCUT2D eigenvalue weighted by molar-refractivity contribution is 0.0943. The number of nitrogens with zero attached hydrogens (tertiary/aromatic N) is 1. The number of halogens is 1. The van der Waals surface area contributed by atoms with Crippen LogP contribution < -0.4 is 5.32 Å². The number of amides is 1. The molecule has 21 heavy (non-hydrogen) atoms. The molecule has 0 atom stereocenters. The van der Waals surface area contributed by atoms with Gasteiger partial charge in [0.15, 0.2) is 0 Å². The lowest BCUT2D eigenvalue weighted by Crippen LogP contribution is -2.26. The highest BCUT2D eigenvalue weighted by atomic mass is 35.7. The first-order chi connectivity index (χ1) is 9.95.